The number of carbonyl (C=O) groups excluding carboxylic acids is 3. The van der Waals surface area contributed by atoms with Crippen molar-refractivity contribution in [3.05, 3.63) is 65.2 Å². The monoisotopic (exact) mass is 432 g/mol. The lowest BCUT2D eigenvalue weighted by Crippen LogP contribution is -2.54. The van der Waals surface area contributed by atoms with Gasteiger partial charge in [0.2, 0.25) is 0 Å². The number of carbonyl (C=O) groups is 3. The van der Waals surface area contributed by atoms with E-state index in [1.165, 1.54) is 18.1 Å². The maximum absolute atomic E-state index is 13.6. The minimum absolute atomic E-state index is 0.00733. The smallest absolute Gasteiger partial charge is 0.263 e. The summed E-state index contributed by atoms with van der Waals surface area (Å²) in [7, 11) is 1.46. The molecule has 0 spiro atoms. The molecule has 0 bridgehead atoms. The van der Waals surface area contributed by atoms with Crippen LogP contribution in [-0.4, -0.2) is 67.0 Å². The van der Waals surface area contributed by atoms with Crippen LogP contribution in [0.5, 0.6) is 5.75 Å². The normalized spacial score (nSPS) is 15.7. The number of nitrogens with two attached hydrogens (primary N) is 1. The molecule has 1 saturated heterocycles. The third-order valence-electron chi connectivity index (χ3n) is 4.80. The summed E-state index contributed by atoms with van der Waals surface area (Å²) in [5.74, 6) is -3.27. The van der Waals surface area contributed by atoms with Crippen LogP contribution in [0, 0.1) is 11.6 Å². The van der Waals surface area contributed by atoms with Gasteiger partial charge in [0.1, 0.15) is 17.4 Å². The van der Waals surface area contributed by atoms with E-state index in [1.807, 2.05) is 0 Å². The van der Waals surface area contributed by atoms with Crippen molar-refractivity contribution in [3.8, 4) is 5.75 Å². The predicted molar refractivity (Wildman–Crippen MR) is 107 cm³/mol. The molecule has 0 aromatic heterocycles. The number of rotatable bonds is 6. The van der Waals surface area contributed by atoms with Crippen molar-refractivity contribution in [3.63, 3.8) is 0 Å². The maximum atomic E-state index is 13.6. The van der Waals surface area contributed by atoms with Crippen LogP contribution in [0.1, 0.15) is 20.7 Å². The Hall–Kier alpha value is -3.53. The van der Waals surface area contributed by atoms with Crippen LogP contribution >= 0.6 is 0 Å². The molecular weight excluding hydrogens is 410 g/mol. The van der Waals surface area contributed by atoms with Crippen LogP contribution in [0.4, 0.5) is 8.78 Å². The highest BCUT2D eigenvalue weighted by Gasteiger charge is 2.43. The molecule has 3 N–H and O–H groups in total. The molecule has 10 heteroatoms. The van der Waals surface area contributed by atoms with Gasteiger partial charge >= 0.3 is 0 Å². The van der Waals surface area contributed by atoms with Crippen molar-refractivity contribution in [1.29, 1.82) is 0 Å². The van der Waals surface area contributed by atoms with E-state index in [0.29, 0.717) is 11.8 Å². The summed E-state index contributed by atoms with van der Waals surface area (Å²) in [6, 6.07) is 8.78. The van der Waals surface area contributed by atoms with Gasteiger partial charge in [0, 0.05) is 43.4 Å². The van der Waals surface area contributed by atoms with Gasteiger partial charge < -0.3 is 25.6 Å². The summed E-state index contributed by atoms with van der Waals surface area (Å²) in [6.07, 6.45) is -1.30. The highest BCUT2D eigenvalue weighted by Crippen LogP contribution is 2.23. The van der Waals surface area contributed by atoms with Crippen molar-refractivity contribution in [2.24, 2.45) is 5.73 Å². The molecule has 3 rings (SSSR count). The van der Waals surface area contributed by atoms with Gasteiger partial charge in [-0.1, -0.05) is 6.07 Å². The van der Waals surface area contributed by atoms with E-state index in [0.717, 1.165) is 17.0 Å². The lowest BCUT2D eigenvalue weighted by atomic mass is 10.1. The molecule has 0 aliphatic carbocycles. The topological polar surface area (TPSA) is 105 Å². The fourth-order valence-electron chi connectivity index (χ4n) is 3.39. The molecule has 2 aromatic carbocycles. The molecule has 1 aliphatic heterocycles. The molecule has 1 heterocycles. The molecule has 8 nitrogen and oxygen atoms in total. The van der Waals surface area contributed by atoms with Crippen LogP contribution in [0.15, 0.2) is 42.5 Å². The SMILES string of the molecule is COc1cccc(C(=O)N2CCN(C(=O)c3cc(F)cc(F)c3)C2C(=O)NCCN)c1. The fourth-order valence-corrected chi connectivity index (χ4v) is 3.39. The molecule has 2 aromatic rings. The van der Waals surface area contributed by atoms with Crippen molar-refractivity contribution >= 4 is 17.7 Å². The minimum Gasteiger partial charge on any atom is -0.497 e. The maximum Gasteiger partial charge on any atom is 0.263 e. The van der Waals surface area contributed by atoms with Gasteiger partial charge in [0.15, 0.2) is 6.17 Å². The molecule has 0 saturated carbocycles. The summed E-state index contributed by atoms with van der Waals surface area (Å²) in [5, 5.41) is 2.57. The van der Waals surface area contributed by atoms with E-state index < -0.39 is 35.5 Å². The number of hydrogen-bond acceptors (Lipinski definition) is 5. The van der Waals surface area contributed by atoms with Crippen LogP contribution in [0.3, 0.4) is 0 Å². The Balaban J connectivity index is 1.93. The average Bonchev–Trinajstić information content (AvgIpc) is 3.20. The Morgan fingerprint density at radius 2 is 1.65 bits per heavy atom. The van der Waals surface area contributed by atoms with Crippen molar-refractivity contribution < 1.29 is 27.9 Å². The predicted octanol–water partition coefficient (Wildman–Crippen LogP) is 0.973. The van der Waals surface area contributed by atoms with Gasteiger partial charge in [-0.15, -0.1) is 0 Å². The number of amides is 3. The van der Waals surface area contributed by atoms with E-state index in [-0.39, 0.29) is 37.3 Å². The van der Waals surface area contributed by atoms with Crippen molar-refractivity contribution in [2.45, 2.75) is 6.17 Å². The van der Waals surface area contributed by atoms with E-state index in [9.17, 15) is 23.2 Å². The van der Waals surface area contributed by atoms with Crippen LogP contribution in [0.25, 0.3) is 0 Å². The van der Waals surface area contributed by atoms with Crippen molar-refractivity contribution in [1.82, 2.24) is 15.1 Å². The summed E-state index contributed by atoms with van der Waals surface area (Å²) in [5.41, 5.74) is 5.45. The average molecular weight is 432 g/mol. The minimum atomic E-state index is -1.30. The number of nitrogens with zero attached hydrogens (tertiary/aromatic N) is 2. The number of hydrogen-bond donors (Lipinski definition) is 2. The van der Waals surface area contributed by atoms with Crippen LogP contribution < -0.4 is 15.8 Å². The Kier molecular flexibility index (Phi) is 6.81. The van der Waals surface area contributed by atoms with E-state index in [4.69, 9.17) is 10.5 Å². The van der Waals surface area contributed by atoms with Crippen LogP contribution in [-0.2, 0) is 4.79 Å². The highest BCUT2D eigenvalue weighted by atomic mass is 19.1. The molecule has 3 amide bonds. The third-order valence-corrected chi connectivity index (χ3v) is 4.80. The van der Waals surface area contributed by atoms with Crippen molar-refractivity contribution in [2.75, 3.05) is 33.3 Å². The van der Waals surface area contributed by atoms with Crippen LogP contribution in [0.2, 0.25) is 0 Å². The summed E-state index contributed by atoms with van der Waals surface area (Å²) < 4.78 is 32.4. The van der Waals surface area contributed by atoms with Gasteiger partial charge in [0.05, 0.1) is 7.11 Å². The quantitative estimate of drug-likeness (QED) is 0.708. The second-order valence-electron chi connectivity index (χ2n) is 6.84. The van der Waals surface area contributed by atoms with E-state index in [1.54, 1.807) is 18.2 Å². The largest absolute Gasteiger partial charge is 0.497 e. The van der Waals surface area contributed by atoms with Gasteiger partial charge in [-0.05, 0) is 30.3 Å². The Labute approximate surface area is 177 Å². The first-order chi connectivity index (χ1) is 14.8. The first-order valence-electron chi connectivity index (χ1n) is 9.55. The van der Waals surface area contributed by atoms with Gasteiger partial charge in [-0.3, -0.25) is 14.4 Å². The van der Waals surface area contributed by atoms with E-state index in [2.05, 4.69) is 5.32 Å². The number of benzene rings is 2. The standard InChI is InChI=1S/C21H22F2N4O4/c1-31-17-4-2-3-13(11-17)20(29)26-7-8-27(19(26)18(28)25-6-5-24)21(30)14-9-15(22)12-16(23)10-14/h2-4,9-12,19H,5-8,24H2,1H3,(H,25,28). The molecule has 1 atom stereocenters. The number of halogens is 2. The summed E-state index contributed by atoms with van der Waals surface area (Å²) in [4.78, 5) is 41.3. The Bertz CT molecular complexity index is 981. The number of nitrogens with one attached hydrogen (secondary N) is 1. The zero-order chi connectivity index (χ0) is 22.5. The van der Waals surface area contributed by atoms with Gasteiger partial charge in [-0.25, -0.2) is 8.78 Å². The molecular formula is C21H22F2N4O4. The first kappa shape index (κ1) is 22.2. The second-order valence-corrected chi connectivity index (χ2v) is 6.84. The van der Waals surface area contributed by atoms with Gasteiger partial charge in [-0.2, -0.15) is 0 Å². The molecule has 1 unspecified atom stereocenters. The van der Waals surface area contributed by atoms with Gasteiger partial charge in [0.25, 0.3) is 17.7 Å². The Morgan fingerprint density at radius 1 is 1.03 bits per heavy atom. The highest BCUT2D eigenvalue weighted by molar-refractivity contribution is 6.02. The summed E-state index contributed by atoms with van der Waals surface area (Å²) in [6.45, 7) is 0.353. The fraction of sp³-hybridized carbons (Fsp3) is 0.286. The lowest BCUT2D eigenvalue weighted by Gasteiger charge is -2.29. The molecule has 0 radical (unpaired) electrons. The molecule has 31 heavy (non-hydrogen) atoms. The van der Waals surface area contributed by atoms with E-state index >= 15 is 0 Å². The summed E-state index contributed by atoms with van der Waals surface area (Å²) >= 11 is 0. The first-order valence-corrected chi connectivity index (χ1v) is 9.55. The zero-order valence-electron chi connectivity index (χ0n) is 16.8. The number of methoxy groups -OCH3 is 1. The molecule has 164 valence electrons. The third kappa shape index (κ3) is 4.80. The zero-order valence-corrected chi connectivity index (χ0v) is 16.8. The molecule has 1 fully saturated rings. The second kappa shape index (κ2) is 9.52. The molecule has 1 aliphatic rings. The Morgan fingerprint density at radius 3 is 2.23 bits per heavy atom. The lowest BCUT2D eigenvalue weighted by molar-refractivity contribution is -0.128. The number of ether oxygens (including phenoxy) is 1.